The van der Waals surface area contributed by atoms with Crippen molar-refractivity contribution in [3.05, 3.63) is 66.0 Å². The summed E-state index contributed by atoms with van der Waals surface area (Å²) in [5, 5.41) is 0. The Morgan fingerprint density at radius 2 is 1.77 bits per heavy atom. The number of nitrogens with zero attached hydrogens (tertiary/aromatic N) is 2. The van der Waals surface area contributed by atoms with E-state index in [-0.39, 0.29) is 0 Å². The van der Waals surface area contributed by atoms with Gasteiger partial charge in [-0.2, -0.15) is 0 Å². The number of nitrogens with one attached hydrogen (secondary N) is 1. The van der Waals surface area contributed by atoms with E-state index in [1.54, 1.807) is 0 Å². The molecule has 0 spiro atoms. The van der Waals surface area contributed by atoms with E-state index >= 15 is 0 Å². The lowest BCUT2D eigenvalue weighted by molar-refractivity contribution is 0.135. The van der Waals surface area contributed by atoms with Gasteiger partial charge in [0.2, 0.25) is 0 Å². The lowest BCUT2D eigenvalue weighted by Gasteiger charge is -2.36. The number of benzene rings is 2. The Bertz CT molecular complexity index is 783. The zero-order chi connectivity index (χ0) is 17.8. The van der Waals surface area contributed by atoms with Crippen LogP contribution in [0.15, 0.2) is 54.6 Å². The second-order valence-corrected chi connectivity index (χ2v) is 7.76. The molecule has 0 saturated carbocycles. The van der Waals surface area contributed by atoms with E-state index in [1.807, 2.05) is 0 Å². The minimum Gasteiger partial charge on any atom is -0.342 e. The molecule has 0 bridgehead atoms. The molecule has 1 N–H and O–H groups in total. The van der Waals surface area contributed by atoms with Crippen LogP contribution in [0.5, 0.6) is 0 Å². The Labute approximate surface area is 156 Å². The molecule has 0 amide bonds. The van der Waals surface area contributed by atoms with Crippen molar-refractivity contribution in [1.29, 1.82) is 0 Å². The Morgan fingerprint density at radius 1 is 1.04 bits per heavy atom. The van der Waals surface area contributed by atoms with Crippen LogP contribution in [0, 0.1) is 5.92 Å². The average Bonchev–Trinajstić information content (AvgIpc) is 3.10. The summed E-state index contributed by atoms with van der Waals surface area (Å²) >= 11 is 0. The van der Waals surface area contributed by atoms with Gasteiger partial charge in [0.05, 0.1) is 11.0 Å². The largest absolute Gasteiger partial charge is 0.342 e. The van der Waals surface area contributed by atoms with E-state index in [9.17, 15) is 0 Å². The van der Waals surface area contributed by atoms with Crippen molar-refractivity contribution in [1.82, 2.24) is 14.9 Å². The predicted molar refractivity (Wildman–Crippen MR) is 108 cm³/mol. The molecule has 3 heteroatoms. The third-order valence-electron chi connectivity index (χ3n) is 5.88. The van der Waals surface area contributed by atoms with E-state index in [0.717, 1.165) is 29.2 Å². The molecule has 1 aliphatic heterocycles. The predicted octanol–water partition coefficient (Wildman–Crippen LogP) is 4.84. The molecule has 26 heavy (non-hydrogen) atoms. The van der Waals surface area contributed by atoms with Crippen LogP contribution >= 0.6 is 0 Å². The van der Waals surface area contributed by atoms with Gasteiger partial charge in [0.15, 0.2) is 0 Å². The highest BCUT2D eigenvalue weighted by atomic mass is 15.2. The van der Waals surface area contributed by atoms with E-state index < -0.39 is 0 Å². The lowest BCUT2D eigenvalue weighted by Crippen LogP contribution is -2.40. The van der Waals surface area contributed by atoms with Gasteiger partial charge in [-0.15, -0.1) is 0 Å². The second-order valence-electron chi connectivity index (χ2n) is 7.76. The fourth-order valence-electron chi connectivity index (χ4n) is 4.20. The summed E-state index contributed by atoms with van der Waals surface area (Å²) in [6.45, 7) is 4.85. The number of rotatable bonds is 6. The standard InChI is InChI=1S/C23H29N3/c1-18(11-12-23-24-21-9-5-6-10-22(21)25-23)26-15-13-20(14-16-26)17-19-7-3-2-4-8-19/h2-10,18,20H,11-17H2,1H3,(H,24,25). The summed E-state index contributed by atoms with van der Waals surface area (Å²) in [6.07, 6.45) is 6.08. The number of H-pyrrole nitrogens is 1. The quantitative estimate of drug-likeness (QED) is 0.692. The molecule has 1 atom stereocenters. The number of aryl methyl sites for hydroxylation is 1. The van der Waals surface area contributed by atoms with Gasteiger partial charge in [-0.25, -0.2) is 4.98 Å². The first-order valence-corrected chi connectivity index (χ1v) is 9.99. The highest BCUT2D eigenvalue weighted by Gasteiger charge is 2.23. The van der Waals surface area contributed by atoms with Crippen molar-refractivity contribution in [2.75, 3.05) is 13.1 Å². The highest BCUT2D eigenvalue weighted by Crippen LogP contribution is 2.24. The number of likely N-dealkylation sites (tertiary alicyclic amines) is 1. The number of imidazole rings is 1. The molecule has 0 radical (unpaired) electrons. The highest BCUT2D eigenvalue weighted by molar-refractivity contribution is 5.74. The van der Waals surface area contributed by atoms with Gasteiger partial charge < -0.3 is 9.88 Å². The minimum absolute atomic E-state index is 0.626. The Morgan fingerprint density at radius 3 is 2.54 bits per heavy atom. The molecule has 1 fully saturated rings. The number of fused-ring (bicyclic) bond motifs is 1. The first-order valence-electron chi connectivity index (χ1n) is 9.99. The molecule has 2 heterocycles. The lowest BCUT2D eigenvalue weighted by atomic mass is 9.89. The third kappa shape index (κ3) is 4.16. The van der Waals surface area contributed by atoms with E-state index in [1.165, 1.54) is 44.3 Å². The second kappa shape index (κ2) is 8.05. The summed E-state index contributed by atoms with van der Waals surface area (Å²) in [7, 11) is 0. The molecular weight excluding hydrogens is 318 g/mol. The van der Waals surface area contributed by atoms with Crippen LogP contribution in [-0.2, 0) is 12.8 Å². The van der Waals surface area contributed by atoms with Crippen molar-refractivity contribution >= 4 is 11.0 Å². The average molecular weight is 348 g/mol. The molecule has 3 aromatic rings. The molecule has 2 aromatic carbocycles. The van der Waals surface area contributed by atoms with Crippen LogP contribution in [0.2, 0.25) is 0 Å². The Balaban J connectivity index is 1.25. The van der Waals surface area contributed by atoms with Gasteiger partial charge in [-0.3, -0.25) is 0 Å². The van der Waals surface area contributed by atoms with Crippen molar-refractivity contribution < 1.29 is 0 Å². The first kappa shape index (κ1) is 17.3. The zero-order valence-corrected chi connectivity index (χ0v) is 15.7. The molecule has 1 saturated heterocycles. The summed E-state index contributed by atoms with van der Waals surface area (Å²) in [5.41, 5.74) is 3.72. The number of aromatic nitrogens is 2. The van der Waals surface area contributed by atoms with E-state index in [2.05, 4.69) is 71.4 Å². The van der Waals surface area contributed by atoms with Crippen LogP contribution in [0.1, 0.15) is 37.6 Å². The summed E-state index contributed by atoms with van der Waals surface area (Å²) in [4.78, 5) is 10.8. The first-order chi connectivity index (χ1) is 12.8. The van der Waals surface area contributed by atoms with Crippen molar-refractivity contribution in [2.24, 2.45) is 5.92 Å². The maximum atomic E-state index is 4.71. The molecule has 0 aliphatic carbocycles. The van der Waals surface area contributed by atoms with Gasteiger partial charge in [0, 0.05) is 12.5 Å². The van der Waals surface area contributed by atoms with Crippen LogP contribution in [0.4, 0.5) is 0 Å². The smallest absolute Gasteiger partial charge is 0.107 e. The number of hydrogen-bond donors (Lipinski definition) is 1. The maximum Gasteiger partial charge on any atom is 0.107 e. The Kier molecular flexibility index (Phi) is 5.35. The summed E-state index contributed by atoms with van der Waals surface area (Å²) in [5.74, 6) is 1.97. The third-order valence-corrected chi connectivity index (χ3v) is 5.88. The fraction of sp³-hybridized carbons (Fsp3) is 0.435. The van der Waals surface area contributed by atoms with Gasteiger partial charge >= 0.3 is 0 Å². The van der Waals surface area contributed by atoms with Gasteiger partial charge in [-0.1, -0.05) is 42.5 Å². The maximum absolute atomic E-state index is 4.71. The molecule has 3 nitrogen and oxygen atoms in total. The summed E-state index contributed by atoms with van der Waals surface area (Å²) < 4.78 is 0. The van der Waals surface area contributed by atoms with Crippen LogP contribution in [0.25, 0.3) is 11.0 Å². The molecule has 136 valence electrons. The summed E-state index contributed by atoms with van der Waals surface area (Å²) in [6, 6.07) is 19.9. The fourth-order valence-corrected chi connectivity index (χ4v) is 4.20. The Hall–Kier alpha value is -2.13. The van der Waals surface area contributed by atoms with Gasteiger partial charge in [0.25, 0.3) is 0 Å². The van der Waals surface area contributed by atoms with Crippen molar-refractivity contribution in [2.45, 2.75) is 45.1 Å². The number of piperidine rings is 1. The topological polar surface area (TPSA) is 31.9 Å². The normalized spacial score (nSPS) is 17.6. The van der Waals surface area contributed by atoms with Gasteiger partial charge in [0.1, 0.15) is 5.82 Å². The van der Waals surface area contributed by atoms with Crippen LogP contribution < -0.4 is 0 Å². The SMILES string of the molecule is CC(CCc1nc2ccccc2[nH]1)N1CCC(Cc2ccccc2)CC1. The zero-order valence-electron chi connectivity index (χ0n) is 15.7. The molecular formula is C23H29N3. The van der Waals surface area contributed by atoms with Crippen LogP contribution in [0.3, 0.4) is 0 Å². The van der Waals surface area contributed by atoms with E-state index in [4.69, 9.17) is 4.98 Å². The van der Waals surface area contributed by atoms with E-state index in [0.29, 0.717) is 6.04 Å². The van der Waals surface area contributed by atoms with Crippen molar-refractivity contribution in [3.63, 3.8) is 0 Å². The molecule has 1 aromatic heterocycles. The minimum atomic E-state index is 0.626. The number of hydrogen-bond acceptors (Lipinski definition) is 2. The molecule has 1 unspecified atom stereocenters. The molecule has 1 aliphatic rings. The van der Waals surface area contributed by atoms with Crippen molar-refractivity contribution in [3.8, 4) is 0 Å². The monoisotopic (exact) mass is 347 g/mol. The van der Waals surface area contributed by atoms with Crippen LogP contribution in [-0.4, -0.2) is 34.0 Å². The molecule has 4 rings (SSSR count). The van der Waals surface area contributed by atoms with Gasteiger partial charge in [-0.05, 0) is 69.3 Å². The number of aromatic amines is 1. The number of para-hydroxylation sites is 2.